The molecule has 13 heteroatoms. The molecule has 214 valence electrons. The number of anilines is 3. The van der Waals surface area contributed by atoms with Gasteiger partial charge in [-0.3, -0.25) is 4.79 Å². The number of nitriles is 1. The van der Waals surface area contributed by atoms with Crippen LogP contribution in [0.3, 0.4) is 0 Å². The zero-order valence-electron chi connectivity index (χ0n) is 23.3. The van der Waals surface area contributed by atoms with Crippen LogP contribution in [-0.4, -0.2) is 56.4 Å². The van der Waals surface area contributed by atoms with E-state index < -0.39 is 0 Å². The van der Waals surface area contributed by atoms with Crippen LogP contribution in [0.15, 0.2) is 42.7 Å². The molecule has 1 fully saturated rings. The van der Waals surface area contributed by atoms with E-state index in [1.807, 2.05) is 22.0 Å². The maximum absolute atomic E-state index is 13.6. The van der Waals surface area contributed by atoms with E-state index in [1.165, 1.54) is 30.4 Å². The predicted octanol–water partition coefficient (Wildman–Crippen LogP) is 4.81. The number of hydrogen-bond donors (Lipinski definition) is 0. The van der Waals surface area contributed by atoms with Gasteiger partial charge >= 0.3 is 5.97 Å². The number of aromatic nitrogens is 5. The highest BCUT2D eigenvalue weighted by molar-refractivity contribution is 7.48. The van der Waals surface area contributed by atoms with E-state index in [0.717, 1.165) is 22.4 Å². The van der Waals surface area contributed by atoms with Crippen LogP contribution in [0.5, 0.6) is 0 Å². The maximum Gasteiger partial charge on any atom is 0.303 e. The minimum absolute atomic E-state index is 0.0874. The van der Waals surface area contributed by atoms with Crippen LogP contribution in [-0.2, 0) is 16.1 Å². The molecule has 2 aliphatic rings. The number of benzene rings is 1. The second-order valence-electron chi connectivity index (χ2n) is 9.87. The summed E-state index contributed by atoms with van der Waals surface area (Å²) < 4.78 is 20.8. The Morgan fingerprint density at radius 2 is 1.98 bits per heavy atom. The first-order valence-corrected chi connectivity index (χ1v) is 15.5. The zero-order chi connectivity index (χ0) is 29.4. The van der Waals surface area contributed by atoms with Gasteiger partial charge in [0.15, 0.2) is 5.13 Å². The van der Waals surface area contributed by atoms with Crippen LogP contribution in [0.1, 0.15) is 42.6 Å². The fourth-order valence-corrected chi connectivity index (χ4v) is 7.50. The first-order chi connectivity index (χ1) is 20.4. The highest BCUT2D eigenvalue weighted by Gasteiger charge is 2.32. The molecule has 1 saturated heterocycles. The smallest absolute Gasteiger partial charge is 0.303 e. The van der Waals surface area contributed by atoms with Crippen LogP contribution in [0.25, 0.3) is 17.3 Å². The average molecular weight is 603 g/mol. The molecule has 2 unspecified atom stereocenters. The number of carbonyl (C=O) groups is 1. The van der Waals surface area contributed by atoms with Crippen molar-refractivity contribution in [2.45, 2.75) is 39.1 Å². The Kier molecular flexibility index (Phi) is 7.71. The molecule has 2 atom stereocenters. The molecule has 0 bridgehead atoms. The monoisotopic (exact) mass is 602 g/mol. The van der Waals surface area contributed by atoms with Gasteiger partial charge in [0, 0.05) is 54.5 Å². The van der Waals surface area contributed by atoms with E-state index in [0.29, 0.717) is 62.0 Å². The molecule has 0 spiro atoms. The van der Waals surface area contributed by atoms with Crippen molar-refractivity contribution in [1.82, 2.24) is 24.7 Å². The highest BCUT2D eigenvalue weighted by Crippen LogP contribution is 2.44. The van der Waals surface area contributed by atoms with Gasteiger partial charge in [-0.1, -0.05) is 26.0 Å². The van der Waals surface area contributed by atoms with E-state index in [9.17, 15) is 14.4 Å². The first-order valence-electron chi connectivity index (χ1n) is 13.6. The molecule has 5 heterocycles. The SMILES string of the molecule is CCN(c1nc(-c2ccc(F)cc2)c(C#N)s1)c1c2c(nn1CC)C=CC(c1cnc(N3CC(OC(C)=O)C3)nc1)P2. The highest BCUT2D eigenvalue weighted by atomic mass is 32.1. The van der Waals surface area contributed by atoms with Gasteiger partial charge in [-0.2, -0.15) is 10.4 Å². The maximum atomic E-state index is 13.6. The van der Waals surface area contributed by atoms with Gasteiger partial charge in [0.05, 0.1) is 18.8 Å². The number of rotatable bonds is 8. The third kappa shape index (κ3) is 5.26. The van der Waals surface area contributed by atoms with E-state index in [1.54, 1.807) is 12.1 Å². The second-order valence-corrected chi connectivity index (χ2v) is 12.3. The lowest BCUT2D eigenvalue weighted by molar-refractivity contribution is -0.147. The van der Waals surface area contributed by atoms with Crippen molar-refractivity contribution in [2.75, 3.05) is 29.4 Å². The summed E-state index contributed by atoms with van der Waals surface area (Å²) in [7, 11) is 0.386. The van der Waals surface area contributed by atoms with Crippen molar-refractivity contribution in [3.63, 3.8) is 0 Å². The summed E-state index contributed by atoms with van der Waals surface area (Å²) >= 11 is 1.32. The molecule has 42 heavy (non-hydrogen) atoms. The lowest BCUT2D eigenvalue weighted by Crippen LogP contribution is -2.53. The van der Waals surface area contributed by atoms with Crippen LogP contribution in [0, 0.1) is 17.1 Å². The molecule has 0 aliphatic carbocycles. The average Bonchev–Trinajstić information content (AvgIpc) is 3.57. The summed E-state index contributed by atoms with van der Waals surface area (Å²) in [5.41, 5.74) is 3.26. The van der Waals surface area contributed by atoms with Gasteiger partial charge in [0.2, 0.25) is 5.95 Å². The molecule has 3 aromatic heterocycles. The molecule has 4 aromatic rings. The number of ether oxygens (including phenoxy) is 1. The van der Waals surface area contributed by atoms with Crippen molar-refractivity contribution in [2.24, 2.45) is 0 Å². The summed E-state index contributed by atoms with van der Waals surface area (Å²) in [6, 6.07) is 8.32. The molecule has 0 amide bonds. The number of hydrogen-bond acceptors (Lipinski definition) is 10. The second kappa shape index (κ2) is 11.6. The summed E-state index contributed by atoms with van der Waals surface area (Å²) in [5.74, 6) is 0.970. The fraction of sp³-hybridized carbons (Fsp3) is 0.310. The predicted molar refractivity (Wildman–Crippen MR) is 162 cm³/mol. The van der Waals surface area contributed by atoms with Gasteiger partial charge in [0.25, 0.3) is 0 Å². The van der Waals surface area contributed by atoms with Gasteiger partial charge in [-0.15, -0.1) is 0 Å². The third-order valence-corrected chi connectivity index (χ3v) is 9.71. The van der Waals surface area contributed by atoms with Crippen molar-refractivity contribution >= 4 is 54.2 Å². The number of nitrogens with zero attached hydrogens (tertiary/aromatic N) is 8. The van der Waals surface area contributed by atoms with Crippen LogP contribution < -0.4 is 15.1 Å². The summed E-state index contributed by atoms with van der Waals surface area (Å²) in [6.45, 7) is 8.00. The van der Waals surface area contributed by atoms with Crippen molar-refractivity contribution in [3.8, 4) is 17.3 Å². The minimum atomic E-state index is -0.335. The van der Waals surface area contributed by atoms with Gasteiger partial charge in [-0.25, -0.2) is 24.0 Å². The standard InChI is InChI=1S/C29H28FN8O2PS/c1-4-37(29-34-25(24(12-31)42-29)18-6-8-20(30)9-7-18)27-26-22(35-38(27)5-2)10-11-23(41-26)19-13-32-28(33-14-19)36-15-21(16-36)40-17(3)39/h6-11,13-14,21,23,41H,4-5,15-16H2,1-3H3. The van der Waals surface area contributed by atoms with E-state index in [-0.39, 0.29) is 23.5 Å². The molecular weight excluding hydrogens is 574 g/mol. The molecule has 10 nitrogen and oxygen atoms in total. The number of allylic oxidation sites excluding steroid dienone is 1. The molecule has 0 saturated carbocycles. The molecule has 6 rings (SSSR count). The van der Waals surface area contributed by atoms with Crippen molar-refractivity contribution in [3.05, 3.63) is 64.7 Å². The van der Waals surface area contributed by atoms with Crippen LogP contribution >= 0.6 is 19.9 Å². The van der Waals surface area contributed by atoms with E-state index in [2.05, 4.69) is 46.9 Å². The Labute approximate surface area is 248 Å². The van der Waals surface area contributed by atoms with E-state index in [4.69, 9.17) is 14.8 Å². The quantitative estimate of drug-likeness (QED) is 0.207. The first kappa shape index (κ1) is 27.9. The van der Waals surface area contributed by atoms with Crippen LogP contribution in [0.2, 0.25) is 0 Å². The number of aryl methyl sites for hydroxylation is 1. The molecule has 0 N–H and O–H groups in total. The molecule has 0 radical (unpaired) electrons. The largest absolute Gasteiger partial charge is 0.459 e. The Morgan fingerprint density at radius 3 is 2.62 bits per heavy atom. The van der Waals surface area contributed by atoms with Gasteiger partial charge in [0.1, 0.15) is 34.4 Å². The minimum Gasteiger partial charge on any atom is -0.459 e. The lowest BCUT2D eigenvalue weighted by Gasteiger charge is -2.38. The zero-order valence-corrected chi connectivity index (χ0v) is 25.1. The molecular formula is C29H28FN8O2PS. The molecule has 2 aliphatic heterocycles. The van der Waals surface area contributed by atoms with E-state index >= 15 is 0 Å². The van der Waals surface area contributed by atoms with Gasteiger partial charge < -0.3 is 14.5 Å². The number of esters is 1. The number of thiazole rings is 1. The number of carbonyl (C=O) groups excluding carboxylic acids is 1. The Balaban J connectivity index is 1.27. The third-order valence-electron chi connectivity index (χ3n) is 7.12. The Bertz CT molecular complexity index is 1690. The normalized spacial score (nSPS) is 16.6. The summed E-state index contributed by atoms with van der Waals surface area (Å²) in [5, 5.41) is 16.6. The molecule has 1 aromatic carbocycles. The van der Waals surface area contributed by atoms with Gasteiger partial charge in [-0.05, 0) is 44.2 Å². The number of halogens is 1. The fourth-order valence-electron chi connectivity index (χ4n) is 5.05. The summed E-state index contributed by atoms with van der Waals surface area (Å²) in [6.07, 6.45) is 7.82. The summed E-state index contributed by atoms with van der Waals surface area (Å²) in [4.78, 5) is 29.8. The van der Waals surface area contributed by atoms with Crippen molar-refractivity contribution in [1.29, 1.82) is 5.26 Å². The Morgan fingerprint density at radius 1 is 1.24 bits per heavy atom. The number of fused-ring (bicyclic) bond motifs is 1. The van der Waals surface area contributed by atoms with Crippen molar-refractivity contribution < 1.29 is 13.9 Å². The lowest BCUT2D eigenvalue weighted by atomic mass is 10.1. The topological polar surface area (TPSA) is 113 Å². The Hall–Kier alpha value is -4.20. The van der Waals surface area contributed by atoms with Crippen LogP contribution in [0.4, 0.5) is 21.3 Å².